The summed E-state index contributed by atoms with van der Waals surface area (Å²) in [7, 11) is 0. The smallest absolute Gasteiger partial charge is 0.256 e. The second-order valence-corrected chi connectivity index (χ2v) is 6.36. The van der Waals surface area contributed by atoms with Crippen molar-refractivity contribution in [3.8, 4) is 5.75 Å². The first kappa shape index (κ1) is 16.8. The third-order valence-electron chi connectivity index (χ3n) is 4.68. The van der Waals surface area contributed by atoms with E-state index in [0.29, 0.717) is 19.1 Å². The molecule has 1 aliphatic rings. The Morgan fingerprint density at radius 1 is 1.12 bits per heavy atom. The molecule has 0 spiro atoms. The Labute approximate surface area is 143 Å². The van der Waals surface area contributed by atoms with E-state index in [9.17, 15) is 4.79 Å². The predicted octanol–water partition coefficient (Wildman–Crippen LogP) is 4.38. The largest absolute Gasteiger partial charge is 0.493 e. The summed E-state index contributed by atoms with van der Waals surface area (Å²) >= 11 is 0. The third kappa shape index (κ3) is 3.11. The van der Waals surface area contributed by atoms with Crippen LogP contribution in [0, 0.1) is 5.92 Å². The number of hydrogen-bond donors (Lipinski definition) is 1. The van der Waals surface area contributed by atoms with Gasteiger partial charge in [-0.1, -0.05) is 24.3 Å². The first-order valence-electron chi connectivity index (χ1n) is 8.70. The van der Waals surface area contributed by atoms with Gasteiger partial charge in [0.25, 0.3) is 5.91 Å². The van der Waals surface area contributed by atoms with Gasteiger partial charge in [-0.2, -0.15) is 0 Å². The summed E-state index contributed by atoms with van der Waals surface area (Å²) in [5, 5.41) is 5.06. The van der Waals surface area contributed by atoms with Crippen LogP contribution in [-0.4, -0.2) is 24.7 Å². The van der Waals surface area contributed by atoms with E-state index in [-0.39, 0.29) is 5.91 Å². The van der Waals surface area contributed by atoms with Gasteiger partial charge in [-0.3, -0.25) is 4.79 Å². The molecule has 0 unspecified atom stereocenters. The average Bonchev–Trinajstić information content (AvgIpc) is 3.42. The minimum Gasteiger partial charge on any atom is -0.493 e. The molecule has 0 bridgehead atoms. The highest BCUT2D eigenvalue weighted by atomic mass is 16.5. The molecule has 2 aromatic rings. The number of benzene rings is 2. The van der Waals surface area contributed by atoms with Crippen LogP contribution >= 0.6 is 0 Å². The van der Waals surface area contributed by atoms with Crippen molar-refractivity contribution in [2.45, 2.75) is 39.2 Å². The molecule has 0 heterocycles. The molecule has 128 valence electrons. The third-order valence-corrected chi connectivity index (χ3v) is 4.68. The Balaban J connectivity index is 1.92. The first-order valence-corrected chi connectivity index (χ1v) is 8.70. The lowest BCUT2D eigenvalue weighted by molar-refractivity contribution is -0.141. The van der Waals surface area contributed by atoms with Crippen LogP contribution in [0.3, 0.4) is 0 Å². The van der Waals surface area contributed by atoms with Crippen LogP contribution in [0.15, 0.2) is 36.4 Å². The number of anilines is 1. The van der Waals surface area contributed by atoms with Gasteiger partial charge in [0.15, 0.2) is 0 Å². The molecule has 1 saturated carbocycles. The summed E-state index contributed by atoms with van der Waals surface area (Å²) in [4.78, 5) is 12.9. The van der Waals surface area contributed by atoms with Gasteiger partial charge in [-0.25, -0.2) is 0 Å². The highest BCUT2D eigenvalue weighted by Gasteiger charge is 2.48. The Kier molecular flexibility index (Phi) is 4.76. The quantitative estimate of drug-likeness (QED) is 0.821. The van der Waals surface area contributed by atoms with E-state index in [2.05, 4.69) is 5.32 Å². The molecule has 24 heavy (non-hydrogen) atoms. The zero-order valence-corrected chi connectivity index (χ0v) is 14.6. The number of amides is 1. The molecular weight excluding hydrogens is 302 g/mol. The maximum absolute atomic E-state index is 12.9. The maximum atomic E-state index is 12.9. The Morgan fingerprint density at radius 3 is 2.46 bits per heavy atom. The van der Waals surface area contributed by atoms with E-state index in [0.717, 1.165) is 35.1 Å². The highest BCUT2D eigenvalue weighted by molar-refractivity contribution is 6.06. The van der Waals surface area contributed by atoms with Gasteiger partial charge in [0.2, 0.25) is 0 Å². The fraction of sp³-hybridized carbons (Fsp3) is 0.450. The SMILES string of the molecule is CCOc1ccc(NC(=O)[C@](C)(OCC)C2CC2)c2ccccc12. The number of fused-ring (bicyclic) bond motifs is 1. The van der Waals surface area contributed by atoms with E-state index >= 15 is 0 Å². The minimum absolute atomic E-state index is 0.0684. The summed E-state index contributed by atoms with van der Waals surface area (Å²) < 4.78 is 11.5. The average molecular weight is 327 g/mol. The molecule has 2 aromatic carbocycles. The number of ether oxygens (including phenoxy) is 2. The second kappa shape index (κ2) is 6.81. The van der Waals surface area contributed by atoms with Gasteiger partial charge in [0.1, 0.15) is 11.4 Å². The molecule has 1 aliphatic carbocycles. The molecule has 4 heteroatoms. The van der Waals surface area contributed by atoms with E-state index in [1.54, 1.807) is 0 Å². The highest BCUT2D eigenvalue weighted by Crippen LogP contribution is 2.43. The summed E-state index contributed by atoms with van der Waals surface area (Å²) in [6.45, 7) is 6.94. The van der Waals surface area contributed by atoms with Crippen LogP contribution in [0.2, 0.25) is 0 Å². The van der Waals surface area contributed by atoms with Crippen LogP contribution in [-0.2, 0) is 9.53 Å². The number of carbonyl (C=O) groups excluding carboxylic acids is 1. The minimum atomic E-state index is -0.756. The first-order chi connectivity index (χ1) is 11.6. The maximum Gasteiger partial charge on any atom is 0.256 e. The van der Waals surface area contributed by atoms with Crippen LogP contribution in [0.4, 0.5) is 5.69 Å². The molecule has 0 aliphatic heterocycles. The molecule has 0 aromatic heterocycles. The fourth-order valence-corrected chi connectivity index (χ4v) is 3.21. The molecule has 0 radical (unpaired) electrons. The van der Waals surface area contributed by atoms with Crippen LogP contribution in [0.25, 0.3) is 10.8 Å². The number of nitrogens with one attached hydrogen (secondary N) is 1. The number of hydrogen-bond acceptors (Lipinski definition) is 3. The fourth-order valence-electron chi connectivity index (χ4n) is 3.21. The van der Waals surface area contributed by atoms with Crippen molar-refractivity contribution in [1.82, 2.24) is 0 Å². The van der Waals surface area contributed by atoms with Crippen LogP contribution in [0.5, 0.6) is 5.75 Å². The predicted molar refractivity (Wildman–Crippen MR) is 96.5 cm³/mol. The number of rotatable bonds is 7. The van der Waals surface area contributed by atoms with Crippen molar-refractivity contribution in [2.24, 2.45) is 5.92 Å². The lowest BCUT2D eigenvalue weighted by Gasteiger charge is -2.28. The van der Waals surface area contributed by atoms with Gasteiger partial charge >= 0.3 is 0 Å². The summed E-state index contributed by atoms with van der Waals surface area (Å²) in [6.07, 6.45) is 2.10. The molecule has 4 nitrogen and oxygen atoms in total. The van der Waals surface area contributed by atoms with Crippen molar-refractivity contribution in [3.05, 3.63) is 36.4 Å². The normalized spacial score (nSPS) is 16.6. The number of carbonyl (C=O) groups is 1. The molecular formula is C20H25NO3. The summed E-state index contributed by atoms with van der Waals surface area (Å²) in [6, 6.07) is 11.8. The van der Waals surface area contributed by atoms with Crippen molar-refractivity contribution in [1.29, 1.82) is 0 Å². The van der Waals surface area contributed by atoms with Gasteiger partial charge in [0.05, 0.1) is 6.61 Å². The van der Waals surface area contributed by atoms with Gasteiger partial charge in [-0.05, 0) is 51.7 Å². The van der Waals surface area contributed by atoms with Crippen molar-refractivity contribution >= 4 is 22.4 Å². The topological polar surface area (TPSA) is 47.6 Å². The van der Waals surface area contributed by atoms with Crippen LogP contribution in [0.1, 0.15) is 33.6 Å². The molecule has 1 atom stereocenters. The summed E-state index contributed by atoms with van der Waals surface area (Å²) in [5.41, 5.74) is 0.0414. The van der Waals surface area contributed by atoms with Gasteiger partial charge in [-0.15, -0.1) is 0 Å². The molecule has 3 rings (SSSR count). The zero-order chi connectivity index (χ0) is 17.2. The molecule has 1 N–H and O–H groups in total. The van der Waals surface area contributed by atoms with E-state index in [4.69, 9.17) is 9.47 Å². The molecule has 0 saturated heterocycles. The standard InChI is InChI=1S/C20H25NO3/c1-4-23-18-13-12-17(15-8-6-7-9-16(15)18)21-19(22)20(3,24-5-2)14-10-11-14/h6-9,12-14H,4-5,10-11H2,1-3H3,(H,21,22)/t20-/m1/s1. The van der Waals surface area contributed by atoms with Gasteiger partial charge in [0, 0.05) is 23.1 Å². The van der Waals surface area contributed by atoms with Crippen LogP contribution < -0.4 is 10.1 Å². The molecule has 1 fully saturated rings. The van der Waals surface area contributed by atoms with E-state index in [1.807, 2.05) is 57.2 Å². The van der Waals surface area contributed by atoms with Crippen molar-refractivity contribution in [2.75, 3.05) is 18.5 Å². The van der Waals surface area contributed by atoms with Crippen molar-refractivity contribution < 1.29 is 14.3 Å². The lowest BCUT2D eigenvalue weighted by Crippen LogP contribution is -2.44. The Bertz CT molecular complexity index is 739. The van der Waals surface area contributed by atoms with Crippen molar-refractivity contribution in [3.63, 3.8) is 0 Å². The Hall–Kier alpha value is -2.07. The summed E-state index contributed by atoms with van der Waals surface area (Å²) in [5.74, 6) is 1.08. The molecule has 1 amide bonds. The monoisotopic (exact) mass is 327 g/mol. The van der Waals surface area contributed by atoms with E-state index in [1.165, 1.54) is 0 Å². The zero-order valence-electron chi connectivity index (χ0n) is 14.6. The Morgan fingerprint density at radius 2 is 1.83 bits per heavy atom. The van der Waals surface area contributed by atoms with E-state index < -0.39 is 5.60 Å². The second-order valence-electron chi connectivity index (χ2n) is 6.36. The lowest BCUT2D eigenvalue weighted by atomic mass is 9.98. The van der Waals surface area contributed by atoms with Gasteiger partial charge < -0.3 is 14.8 Å².